The highest BCUT2D eigenvalue weighted by Crippen LogP contribution is 2.51. The summed E-state index contributed by atoms with van der Waals surface area (Å²) in [5.41, 5.74) is 0.314. The maximum Gasteiger partial charge on any atom is 0.0851 e. The number of hydrogen-bond donors (Lipinski definition) is 1. The molecular weight excluding hydrogens is 252 g/mol. The molecule has 1 saturated carbocycles. The van der Waals surface area contributed by atoms with Crippen molar-refractivity contribution in [1.82, 2.24) is 0 Å². The Kier molecular flexibility index (Phi) is 3.72. The molecule has 0 radical (unpaired) electrons. The van der Waals surface area contributed by atoms with Crippen molar-refractivity contribution < 1.29 is 5.11 Å². The van der Waals surface area contributed by atoms with Gasteiger partial charge >= 0.3 is 0 Å². The second-order valence-corrected chi connectivity index (χ2v) is 7.31. The SMILES string of the molecule is C[C@]12C=C(Sc3ccccc3)C(O)C[C@@H]1CCCC2. The monoisotopic (exact) mass is 274 g/mol. The van der Waals surface area contributed by atoms with E-state index in [1.807, 2.05) is 6.07 Å². The molecule has 1 fully saturated rings. The van der Waals surface area contributed by atoms with Gasteiger partial charge in [-0.15, -0.1) is 0 Å². The van der Waals surface area contributed by atoms with Gasteiger partial charge in [0.1, 0.15) is 0 Å². The molecule has 1 aromatic rings. The van der Waals surface area contributed by atoms with Crippen LogP contribution < -0.4 is 0 Å². The topological polar surface area (TPSA) is 20.2 Å². The van der Waals surface area contributed by atoms with Crippen LogP contribution in [0.15, 0.2) is 46.2 Å². The van der Waals surface area contributed by atoms with Gasteiger partial charge in [0.05, 0.1) is 6.10 Å². The zero-order chi connectivity index (χ0) is 13.3. The zero-order valence-electron chi connectivity index (χ0n) is 11.5. The Morgan fingerprint density at radius 2 is 2.00 bits per heavy atom. The molecular formula is C17H22OS. The predicted octanol–water partition coefficient (Wildman–Crippen LogP) is 4.62. The number of thioether (sulfide) groups is 1. The average Bonchev–Trinajstić information content (AvgIpc) is 2.41. The second kappa shape index (κ2) is 5.34. The van der Waals surface area contributed by atoms with E-state index in [1.165, 1.54) is 30.6 Å². The van der Waals surface area contributed by atoms with Gasteiger partial charge in [-0.25, -0.2) is 0 Å². The van der Waals surface area contributed by atoms with Gasteiger partial charge < -0.3 is 5.11 Å². The Labute approximate surface area is 120 Å². The Morgan fingerprint density at radius 3 is 2.79 bits per heavy atom. The van der Waals surface area contributed by atoms with Crippen LogP contribution >= 0.6 is 11.8 Å². The smallest absolute Gasteiger partial charge is 0.0851 e. The molecule has 3 atom stereocenters. The quantitative estimate of drug-likeness (QED) is 0.849. The van der Waals surface area contributed by atoms with Crippen LogP contribution in [-0.2, 0) is 0 Å². The Hall–Kier alpha value is -0.730. The van der Waals surface area contributed by atoms with Crippen molar-refractivity contribution >= 4 is 11.8 Å². The van der Waals surface area contributed by atoms with Crippen LogP contribution in [0.3, 0.4) is 0 Å². The summed E-state index contributed by atoms with van der Waals surface area (Å²) in [6.07, 6.45) is 8.30. The molecule has 0 aliphatic heterocycles. The van der Waals surface area contributed by atoms with Crippen molar-refractivity contribution in [3.63, 3.8) is 0 Å². The third-order valence-electron chi connectivity index (χ3n) is 4.74. The highest BCUT2D eigenvalue weighted by Gasteiger charge is 2.40. The van der Waals surface area contributed by atoms with Crippen molar-refractivity contribution in [1.29, 1.82) is 0 Å². The van der Waals surface area contributed by atoms with Crippen molar-refractivity contribution in [3.05, 3.63) is 41.3 Å². The molecule has 2 aliphatic carbocycles. The molecule has 19 heavy (non-hydrogen) atoms. The maximum absolute atomic E-state index is 10.4. The number of benzene rings is 1. The summed E-state index contributed by atoms with van der Waals surface area (Å²) >= 11 is 1.74. The van der Waals surface area contributed by atoms with Crippen LogP contribution in [0, 0.1) is 11.3 Å². The highest BCUT2D eigenvalue weighted by atomic mass is 32.2. The number of hydrogen-bond acceptors (Lipinski definition) is 2. The van der Waals surface area contributed by atoms with E-state index in [0.29, 0.717) is 11.3 Å². The maximum atomic E-state index is 10.4. The highest BCUT2D eigenvalue weighted by molar-refractivity contribution is 8.03. The molecule has 1 N–H and O–H groups in total. The molecule has 1 aromatic carbocycles. The molecule has 0 bridgehead atoms. The number of aliphatic hydroxyl groups excluding tert-OH is 1. The minimum atomic E-state index is -0.263. The van der Waals surface area contributed by atoms with Crippen molar-refractivity contribution in [2.24, 2.45) is 11.3 Å². The summed E-state index contributed by atoms with van der Waals surface area (Å²) in [5.74, 6) is 0.677. The fourth-order valence-corrected chi connectivity index (χ4v) is 4.66. The summed E-state index contributed by atoms with van der Waals surface area (Å²) in [6, 6.07) is 10.4. The van der Waals surface area contributed by atoms with Crippen LogP contribution in [-0.4, -0.2) is 11.2 Å². The van der Waals surface area contributed by atoms with Gasteiger partial charge in [0.2, 0.25) is 0 Å². The first kappa shape index (κ1) is 13.3. The van der Waals surface area contributed by atoms with E-state index in [-0.39, 0.29) is 6.10 Å². The van der Waals surface area contributed by atoms with Crippen molar-refractivity contribution in [2.75, 3.05) is 0 Å². The summed E-state index contributed by atoms with van der Waals surface area (Å²) in [7, 11) is 0. The molecule has 0 saturated heterocycles. The molecule has 0 amide bonds. The molecule has 0 heterocycles. The van der Waals surface area contributed by atoms with Gasteiger partial charge in [0, 0.05) is 9.80 Å². The normalized spacial score (nSPS) is 34.5. The molecule has 1 unspecified atom stereocenters. The van der Waals surface area contributed by atoms with Crippen molar-refractivity contribution in [3.8, 4) is 0 Å². The average molecular weight is 274 g/mol. The predicted molar refractivity (Wildman–Crippen MR) is 81.1 cm³/mol. The fraction of sp³-hybridized carbons (Fsp3) is 0.529. The van der Waals surface area contributed by atoms with Gasteiger partial charge in [-0.05, 0) is 42.7 Å². The van der Waals surface area contributed by atoms with Crippen LogP contribution in [0.1, 0.15) is 39.0 Å². The molecule has 0 spiro atoms. The van der Waals surface area contributed by atoms with E-state index >= 15 is 0 Å². The van der Waals surface area contributed by atoms with Crippen LogP contribution in [0.5, 0.6) is 0 Å². The molecule has 3 rings (SSSR count). The van der Waals surface area contributed by atoms with Crippen LogP contribution in [0.2, 0.25) is 0 Å². The van der Waals surface area contributed by atoms with Crippen molar-refractivity contribution in [2.45, 2.75) is 50.0 Å². The van der Waals surface area contributed by atoms with Gasteiger partial charge in [-0.1, -0.05) is 55.8 Å². The van der Waals surface area contributed by atoms with Gasteiger partial charge in [0.15, 0.2) is 0 Å². The van der Waals surface area contributed by atoms with Crippen LogP contribution in [0.25, 0.3) is 0 Å². The Bertz CT molecular complexity index is 467. The molecule has 2 heteroatoms. The first-order chi connectivity index (χ1) is 9.17. The lowest BCUT2D eigenvalue weighted by Crippen LogP contribution is -2.36. The van der Waals surface area contributed by atoms with Crippen LogP contribution in [0.4, 0.5) is 0 Å². The number of aliphatic hydroxyl groups is 1. The second-order valence-electron chi connectivity index (χ2n) is 6.16. The molecule has 102 valence electrons. The fourth-order valence-electron chi connectivity index (χ4n) is 3.54. The van der Waals surface area contributed by atoms with Gasteiger partial charge in [-0.2, -0.15) is 0 Å². The van der Waals surface area contributed by atoms with E-state index in [1.54, 1.807) is 11.8 Å². The van der Waals surface area contributed by atoms with E-state index < -0.39 is 0 Å². The molecule has 2 aliphatic rings. The molecule has 0 aromatic heterocycles. The standard InChI is InChI=1S/C17H22OS/c1-17-10-6-5-7-13(17)11-15(18)16(12-17)19-14-8-3-2-4-9-14/h2-4,8-9,12-13,15,18H,5-7,10-11H2,1H3/t13-,15?,17-/m0/s1. The Morgan fingerprint density at radius 1 is 1.21 bits per heavy atom. The summed E-state index contributed by atoms with van der Waals surface area (Å²) in [6.45, 7) is 2.38. The number of fused-ring (bicyclic) bond motifs is 1. The zero-order valence-corrected chi connectivity index (χ0v) is 12.3. The summed E-state index contributed by atoms with van der Waals surface area (Å²) in [5, 5.41) is 10.4. The van der Waals surface area contributed by atoms with E-state index in [9.17, 15) is 5.11 Å². The first-order valence-electron chi connectivity index (χ1n) is 7.31. The lowest BCUT2D eigenvalue weighted by Gasteiger charge is -2.44. The minimum absolute atomic E-state index is 0.263. The molecule has 1 nitrogen and oxygen atoms in total. The summed E-state index contributed by atoms with van der Waals surface area (Å²) < 4.78 is 0. The first-order valence-corrected chi connectivity index (χ1v) is 8.13. The van der Waals surface area contributed by atoms with Gasteiger partial charge in [0.25, 0.3) is 0 Å². The lowest BCUT2D eigenvalue weighted by atomic mass is 9.63. The number of rotatable bonds is 2. The minimum Gasteiger partial charge on any atom is -0.388 e. The van der Waals surface area contributed by atoms with E-state index in [4.69, 9.17) is 0 Å². The lowest BCUT2D eigenvalue weighted by molar-refractivity contribution is 0.0839. The largest absolute Gasteiger partial charge is 0.388 e. The van der Waals surface area contributed by atoms with Gasteiger partial charge in [-0.3, -0.25) is 0 Å². The third kappa shape index (κ3) is 2.75. The van der Waals surface area contributed by atoms with E-state index in [2.05, 4.69) is 37.3 Å². The Balaban J connectivity index is 1.84. The number of allylic oxidation sites excluding steroid dienone is 1. The summed E-state index contributed by atoms with van der Waals surface area (Å²) in [4.78, 5) is 2.39. The third-order valence-corrected chi connectivity index (χ3v) is 5.87. The van der Waals surface area contributed by atoms with E-state index in [0.717, 1.165) is 11.3 Å².